The minimum absolute atomic E-state index is 0.0916. The third-order valence-corrected chi connectivity index (χ3v) is 4.18. The van der Waals surface area contributed by atoms with Gasteiger partial charge in [-0.2, -0.15) is 0 Å². The van der Waals surface area contributed by atoms with Gasteiger partial charge in [-0.25, -0.2) is 0 Å². The first kappa shape index (κ1) is 18.4. The second-order valence-corrected chi connectivity index (χ2v) is 7.14. The van der Waals surface area contributed by atoms with Crippen LogP contribution in [0.5, 0.6) is 0 Å². The van der Waals surface area contributed by atoms with E-state index >= 15 is 0 Å². The van der Waals surface area contributed by atoms with Crippen LogP contribution in [-0.4, -0.2) is 41.5 Å². The zero-order valence-electron chi connectivity index (χ0n) is 13.6. The van der Waals surface area contributed by atoms with E-state index < -0.39 is 5.41 Å². The van der Waals surface area contributed by atoms with Crippen LogP contribution in [0.3, 0.4) is 0 Å². The number of amides is 2. The second-order valence-electron chi connectivity index (χ2n) is 6.09. The van der Waals surface area contributed by atoms with Gasteiger partial charge in [-0.05, 0) is 18.6 Å². The van der Waals surface area contributed by atoms with Crippen molar-refractivity contribution in [2.75, 3.05) is 25.0 Å². The highest BCUT2D eigenvalue weighted by molar-refractivity contribution is 7.18. The molecule has 1 aromatic heterocycles. The number of anilines is 1. The molecule has 0 aliphatic carbocycles. The van der Waals surface area contributed by atoms with Gasteiger partial charge in [-0.15, -0.1) is 17.9 Å². The Balaban J connectivity index is 2.95. The first-order chi connectivity index (χ1) is 10.2. The molecule has 1 rings (SSSR count). The standard InChI is InChI=1S/C16H24N2O3S/c1-6-7-18(8-9-19)14(20)13-11(2)10-12(22-13)17-15(21)16(3,4)5/h6,10,19H,1,7-9H2,2-5H3,(H,17,21). The molecule has 122 valence electrons. The quantitative estimate of drug-likeness (QED) is 0.790. The number of aryl methyl sites for hydroxylation is 1. The number of thiophene rings is 1. The van der Waals surface area contributed by atoms with E-state index in [1.54, 1.807) is 12.1 Å². The van der Waals surface area contributed by atoms with E-state index in [2.05, 4.69) is 11.9 Å². The maximum Gasteiger partial charge on any atom is 0.264 e. The number of hydrogen-bond donors (Lipinski definition) is 2. The van der Waals surface area contributed by atoms with Crippen LogP contribution < -0.4 is 5.32 Å². The number of hydrogen-bond acceptors (Lipinski definition) is 4. The molecule has 2 N–H and O–H groups in total. The lowest BCUT2D eigenvalue weighted by Crippen LogP contribution is -2.33. The zero-order chi connectivity index (χ0) is 16.9. The minimum atomic E-state index is -0.492. The van der Waals surface area contributed by atoms with Gasteiger partial charge in [0.15, 0.2) is 0 Å². The Kier molecular flexibility index (Phi) is 6.32. The predicted molar refractivity (Wildman–Crippen MR) is 90.3 cm³/mol. The Morgan fingerprint density at radius 1 is 1.45 bits per heavy atom. The Morgan fingerprint density at radius 3 is 2.59 bits per heavy atom. The maximum atomic E-state index is 12.5. The van der Waals surface area contributed by atoms with E-state index in [1.807, 2.05) is 27.7 Å². The zero-order valence-corrected chi connectivity index (χ0v) is 14.4. The fourth-order valence-corrected chi connectivity index (χ4v) is 2.79. The first-order valence-electron chi connectivity index (χ1n) is 7.13. The highest BCUT2D eigenvalue weighted by atomic mass is 32.1. The molecule has 0 unspecified atom stereocenters. The lowest BCUT2D eigenvalue weighted by Gasteiger charge is -2.19. The van der Waals surface area contributed by atoms with Gasteiger partial charge in [-0.1, -0.05) is 26.8 Å². The fraction of sp³-hybridized carbons (Fsp3) is 0.500. The molecular weight excluding hydrogens is 300 g/mol. The van der Waals surface area contributed by atoms with Crippen molar-refractivity contribution in [3.63, 3.8) is 0 Å². The molecule has 22 heavy (non-hydrogen) atoms. The van der Waals surface area contributed by atoms with E-state index in [0.717, 1.165) is 5.56 Å². The molecule has 0 saturated carbocycles. The van der Waals surface area contributed by atoms with E-state index in [1.165, 1.54) is 16.2 Å². The second kappa shape index (κ2) is 7.56. The highest BCUT2D eigenvalue weighted by Gasteiger charge is 2.24. The number of nitrogens with zero attached hydrogens (tertiary/aromatic N) is 1. The van der Waals surface area contributed by atoms with Crippen molar-refractivity contribution in [3.8, 4) is 0 Å². The van der Waals surface area contributed by atoms with Gasteiger partial charge < -0.3 is 15.3 Å². The summed E-state index contributed by atoms with van der Waals surface area (Å²) in [5.41, 5.74) is 0.319. The number of nitrogens with one attached hydrogen (secondary N) is 1. The van der Waals surface area contributed by atoms with E-state index in [9.17, 15) is 9.59 Å². The van der Waals surface area contributed by atoms with E-state index in [-0.39, 0.29) is 25.0 Å². The van der Waals surface area contributed by atoms with Crippen LogP contribution in [0.1, 0.15) is 36.0 Å². The summed E-state index contributed by atoms with van der Waals surface area (Å²) in [4.78, 5) is 26.6. The molecule has 0 aliphatic heterocycles. The van der Waals surface area contributed by atoms with Crippen molar-refractivity contribution in [3.05, 3.63) is 29.2 Å². The van der Waals surface area contributed by atoms with Gasteiger partial charge in [0.1, 0.15) is 0 Å². The van der Waals surface area contributed by atoms with Crippen LogP contribution in [0.15, 0.2) is 18.7 Å². The highest BCUT2D eigenvalue weighted by Crippen LogP contribution is 2.29. The van der Waals surface area contributed by atoms with Crippen LogP contribution in [0.25, 0.3) is 0 Å². The normalized spacial score (nSPS) is 11.1. The molecule has 0 atom stereocenters. The summed E-state index contributed by atoms with van der Waals surface area (Å²) in [6.45, 7) is 11.5. The van der Waals surface area contributed by atoms with Gasteiger partial charge in [0.25, 0.3) is 5.91 Å². The Hall–Kier alpha value is -1.66. The SMILES string of the molecule is C=CCN(CCO)C(=O)c1sc(NC(=O)C(C)(C)C)cc1C. The third kappa shape index (κ3) is 4.68. The van der Waals surface area contributed by atoms with E-state index in [4.69, 9.17) is 5.11 Å². The molecule has 1 heterocycles. The largest absolute Gasteiger partial charge is 0.395 e. The number of carbonyl (C=O) groups excluding carboxylic acids is 2. The molecule has 0 radical (unpaired) electrons. The lowest BCUT2D eigenvalue weighted by atomic mass is 9.96. The Bertz CT molecular complexity index is 558. The van der Waals surface area contributed by atoms with Gasteiger partial charge in [0.05, 0.1) is 16.5 Å². The van der Waals surface area contributed by atoms with Crippen molar-refractivity contribution in [2.45, 2.75) is 27.7 Å². The number of aliphatic hydroxyl groups excluding tert-OH is 1. The van der Waals surface area contributed by atoms with Crippen molar-refractivity contribution < 1.29 is 14.7 Å². The van der Waals surface area contributed by atoms with Crippen molar-refractivity contribution in [1.29, 1.82) is 0 Å². The van der Waals surface area contributed by atoms with Crippen molar-refractivity contribution in [2.24, 2.45) is 5.41 Å². The molecule has 0 bridgehead atoms. The van der Waals surface area contributed by atoms with Crippen LogP contribution in [0, 0.1) is 12.3 Å². The molecule has 5 nitrogen and oxygen atoms in total. The van der Waals surface area contributed by atoms with Crippen LogP contribution >= 0.6 is 11.3 Å². The van der Waals surface area contributed by atoms with Gasteiger partial charge in [0.2, 0.25) is 5.91 Å². The summed E-state index contributed by atoms with van der Waals surface area (Å²) in [6.07, 6.45) is 1.62. The summed E-state index contributed by atoms with van der Waals surface area (Å²) in [5.74, 6) is -0.251. The lowest BCUT2D eigenvalue weighted by molar-refractivity contribution is -0.123. The van der Waals surface area contributed by atoms with Gasteiger partial charge in [0, 0.05) is 18.5 Å². The molecule has 0 spiro atoms. The maximum absolute atomic E-state index is 12.5. The summed E-state index contributed by atoms with van der Waals surface area (Å²) in [5, 5.41) is 12.6. The minimum Gasteiger partial charge on any atom is -0.395 e. The fourth-order valence-electron chi connectivity index (χ4n) is 1.75. The predicted octanol–water partition coefficient (Wildman–Crippen LogP) is 2.66. The molecule has 2 amide bonds. The summed E-state index contributed by atoms with van der Waals surface area (Å²) in [6, 6.07) is 1.80. The van der Waals surface area contributed by atoms with Crippen LogP contribution in [0.2, 0.25) is 0 Å². The number of aliphatic hydroxyl groups is 1. The van der Waals surface area contributed by atoms with Gasteiger partial charge in [-0.3, -0.25) is 9.59 Å². The van der Waals surface area contributed by atoms with Crippen LogP contribution in [-0.2, 0) is 4.79 Å². The molecule has 0 saturated heterocycles. The van der Waals surface area contributed by atoms with E-state index in [0.29, 0.717) is 16.4 Å². The average molecular weight is 324 g/mol. The van der Waals surface area contributed by atoms with Crippen molar-refractivity contribution in [1.82, 2.24) is 4.90 Å². The molecule has 6 heteroatoms. The topological polar surface area (TPSA) is 69.6 Å². The summed E-state index contributed by atoms with van der Waals surface area (Å²) in [7, 11) is 0. The molecule has 0 aliphatic rings. The van der Waals surface area contributed by atoms with Crippen LogP contribution in [0.4, 0.5) is 5.00 Å². The summed E-state index contributed by atoms with van der Waals surface area (Å²) >= 11 is 1.25. The number of rotatable bonds is 6. The third-order valence-electron chi connectivity index (χ3n) is 3.04. The molecule has 1 aromatic rings. The Morgan fingerprint density at radius 2 is 2.09 bits per heavy atom. The summed E-state index contributed by atoms with van der Waals surface area (Å²) < 4.78 is 0. The smallest absolute Gasteiger partial charge is 0.264 e. The average Bonchev–Trinajstić information content (AvgIpc) is 2.77. The monoisotopic (exact) mass is 324 g/mol. The molecule has 0 fully saturated rings. The van der Waals surface area contributed by atoms with Gasteiger partial charge >= 0.3 is 0 Å². The van der Waals surface area contributed by atoms with Crippen molar-refractivity contribution >= 4 is 28.2 Å². The number of carbonyl (C=O) groups is 2. The first-order valence-corrected chi connectivity index (χ1v) is 7.95. The Labute approximate surface area is 135 Å². The molecule has 0 aromatic carbocycles. The molecular formula is C16H24N2O3S.